The molecule has 0 bridgehead atoms. The Hall–Kier alpha value is -3.15. The van der Waals surface area contributed by atoms with Crippen molar-refractivity contribution in [1.82, 2.24) is 0 Å². The minimum absolute atomic E-state index is 0.0408. The van der Waals surface area contributed by atoms with E-state index in [1.54, 1.807) is 13.1 Å². The van der Waals surface area contributed by atoms with E-state index in [1.165, 1.54) is 42.1 Å². The maximum Gasteiger partial charge on any atom is 0.417 e. The highest BCUT2D eigenvalue weighted by atomic mass is 35.5. The van der Waals surface area contributed by atoms with Crippen molar-refractivity contribution in [2.24, 2.45) is 15.7 Å². The molecule has 1 amide bonds. The number of thioether (sulfide) groups is 1. The highest BCUT2D eigenvalue weighted by Crippen LogP contribution is 2.46. The monoisotopic (exact) mass is 539 g/mol. The van der Waals surface area contributed by atoms with E-state index < -0.39 is 33.9 Å². The van der Waals surface area contributed by atoms with Crippen LogP contribution in [0, 0.1) is 0 Å². The first kappa shape index (κ1) is 27.4. The molecule has 1 saturated heterocycles. The lowest BCUT2D eigenvalue weighted by Gasteiger charge is -2.15. The first-order valence-electron chi connectivity index (χ1n) is 10.5. The number of carboxylic acid groups (broad SMARTS) is 1. The second kappa shape index (κ2) is 10.9. The van der Waals surface area contributed by atoms with E-state index >= 15 is 0 Å². The fourth-order valence-electron chi connectivity index (χ4n) is 3.51. The summed E-state index contributed by atoms with van der Waals surface area (Å²) in [6.07, 6.45) is -3.15. The Bertz CT molecular complexity index is 1280. The number of halogens is 4. The molecule has 0 saturated carbocycles. The smallest absolute Gasteiger partial charge is 0.417 e. The molecule has 3 rings (SSSR count). The molecule has 1 aliphatic rings. The van der Waals surface area contributed by atoms with E-state index in [4.69, 9.17) is 27.5 Å². The summed E-state index contributed by atoms with van der Waals surface area (Å²) in [7, 11) is 0. The SMILES string of the molecule is CC1(C=NCCO)CC(=NC(=O)c2c(Cl)cccc2C(F)(F)F)C(=C(N)c2ccc(C(=O)O)cc2)S1. The first-order chi connectivity index (χ1) is 16.9. The van der Waals surface area contributed by atoms with Crippen molar-refractivity contribution in [3.63, 3.8) is 0 Å². The summed E-state index contributed by atoms with van der Waals surface area (Å²) < 4.78 is 39.9. The van der Waals surface area contributed by atoms with Crippen molar-refractivity contribution in [2.45, 2.75) is 24.3 Å². The molecule has 0 spiro atoms. The normalized spacial score (nSPS) is 20.8. The van der Waals surface area contributed by atoms with Crippen LogP contribution in [-0.2, 0) is 6.18 Å². The number of alkyl halides is 3. The van der Waals surface area contributed by atoms with Gasteiger partial charge in [0.15, 0.2) is 0 Å². The standard InChI is InChI=1S/C24H21ClF3N3O4S/c1-23(12-30-9-10-32)11-17(20(36-23)19(29)13-5-7-14(8-6-13)22(34)35)31-21(33)18-15(24(26,27)28)3-2-4-16(18)25/h2-8,12,32H,9-11,29H2,1H3,(H,34,35). The topological polar surface area (TPSA) is 125 Å². The van der Waals surface area contributed by atoms with Crippen LogP contribution in [0.3, 0.4) is 0 Å². The maximum atomic E-state index is 13.5. The van der Waals surface area contributed by atoms with Crippen LogP contribution in [0.1, 0.15) is 45.2 Å². The number of allylic oxidation sites excluding steroid dienone is 1. The Morgan fingerprint density at radius 1 is 1.19 bits per heavy atom. The maximum absolute atomic E-state index is 13.5. The molecule has 36 heavy (non-hydrogen) atoms. The number of aliphatic hydroxyl groups excluding tert-OH is 1. The summed E-state index contributed by atoms with van der Waals surface area (Å²) in [5, 5.41) is 17.8. The molecule has 1 unspecified atom stereocenters. The Morgan fingerprint density at radius 3 is 2.42 bits per heavy atom. The number of carbonyl (C=O) groups is 2. The van der Waals surface area contributed by atoms with Crippen molar-refractivity contribution in [3.05, 3.63) is 74.6 Å². The lowest BCUT2D eigenvalue weighted by atomic mass is 10.0. The van der Waals surface area contributed by atoms with Crippen molar-refractivity contribution in [1.29, 1.82) is 0 Å². The van der Waals surface area contributed by atoms with Gasteiger partial charge in [-0.1, -0.05) is 29.8 Å². The predicted molar refractivity (Wildman–Crippen MR) is 134 cm³/mol. The molecule has 1 fully saturated rings. The Morgan fingerprint density at radius 2 is 1.83 bits per heavy atom. The molecule has 0 radical (unpaired) electrons. The number of nitrogens with two attached hydrogens (primary N) is 1. The number of aliphatic imine (C=N–C) groups is 2. The van der Waals surface area contributed by atoms with Gasteiger partial charge in [-0.15, -0.1) is 11.8 Å². The quantitative estimate of drug-likeness (QED) is 0.447. The van der Waals surface area contributed by atoms with Gasteiger partial charge in [-0.25, -0.2) is 9.79 Å². The molecule has 190 valence electrons. The fraction of sp³-hybridized carbons (Fsp3) is 0.250. The van der Waals surface area contributed by atoms with Gasteiger partial charge in [-0.3, -0.25) is 9.79 Å². The third-order valence-electron chi connectivity index (χ3n) is 5.17. The van der Waals surface area contributed by atoms with Crippen LogP contribution in [0.4, 0.5) is 13.2 Å². The second-order valence-electron chi connectivity index (χ2n) is 8.00. The lowest BCUT2D eigenvalue weighted by Crippen LogP contribution is -2.20. The molecule has 2 aromatic carbocycles. The molecule has 1 aliphatic heterocycles. The average molecular weight is 540 g/mol. The third kappa shape index (κ3) is 6.15. The Labute approximate surface area is 213 Å². The number of hydrogen-bond donors (Lipinski definition) is 3. The number of carboxylic acids is 1. The number of rotatable bonds is 6. The van der Waals surface area contributed by atoms with Crippen molar-refractivity contribution in [3.8, 4) is 0 Å². The highest BCUT2D eigenvalue weighted by molar-refractivity contribution is 8.06. The van der Waals surface area contributed by atoms with Crippen LogP contribution in [-0.4, -0.2) is 51.9 Å². The van der Waals surface area contributed by atoms with Crippen LogP contribution in [0.15, 0.2) is 57.4 Å². The van der Waals surface area contributed by atoms with E-state index in [-0.39, 0.29) is 41.6 Å². The van der Waals surface area contributed by atoms with E-state index in [0.29, 0.717) is 10.5 Å². The zero-order valence-corrected chi connectivity index (χ0v) is 20.4. The van der Waals surface area contributed by atoms with Gasteiger partial charge in [0.2, 0.25) is 0 Å². The molecule has 2 aromatic rings. The van der Waals surface area contributed by atoms with Gasteiger partial charge in [-0.05, 0) is 36.8 Å². The minimum atomic E-state index is -4.82. The van der Waals surface area contributed by atoms with Gasteiger partial charge in [0.25, 0.3) is 5.91 Å². The summed E-state index contributed by atoms with van der Waals surface area (Å²) in [4.78, 5) is 32.6. The average Bonchev–Trinajstić information content (AvgIpc) is 3.14. The number of aliphatic hydroxyl groups is 1. The summed E-state index contributed by atoms with van der Waals surface area (Å²) >= 11 is 7.17. The van der Waals surface area contributed by atoms with Gasteiger partial charge < -0.3 is 15.9 Å². The number of benzene rings is 2. The number of nitrogens with zero attached hydrogens (tertiary/aromatic N) is 2. The predicted octanol–water partition coefficient (Wildman–Crippen LogP) is 4.92. The van der Waals surface area contributed by atoms with Gasteiger partial charge in [0.1, 0.15) is 0 Å². The van der Waals surface area contributed by atoms with Crippen LogP contribution >= 0.6 is 23.4 Å². The zero-order valence-electron chi connectivity index (χ0n) is 18.8. The molecular formula is C24H21ClF3N3O4S. The van der Waals surface area contributed by atoms with Crippen LogP contribution in [0.2, 0.25) is 5.02 Å². The number of aromatic carboxylic acids is 1. The van der Waals surface area contributed by atoms with Gasteiger partial charge >= 0.3 is 12.1 Å². The molecule has 0 aliphatic carbocycles. The Balaban J connectivity index is 2.13. The summed E-state index contributed by atoms with van der Waals surface area (Å²) in [5.74, 6) is -2.30. The van der Waals surface area contributed by atoms with Crippen molar-refractivity contribution < 1.29 is 33.0 Å². The van der Waals surface area contributed by atoms with Crippen LogP contribution in [0.25, 0.3) is 5.70 Å². The molecule has 1 atom stereocenters. The van der Waals surface area contributed by atoms with Gasteiger partial charge in [0, 0.05) is 12.6 Å². The number of carbonyl (C=O) groups excluding carboxylic acids is 1. The number of hydrogen-bond acceptors (Lipinski definition) is 6. The minimum Gasteiger partial charge on any atom is -0.478 e. The van der Waals surface area contributed by atoms with E-state index in [2.05, 4.69) is 9.98 Å². The third-order valence-corrected chi connectivity index (χ3v) is 6.86. The summed E-state index contributed by atoms with van der Waals surface area (Å²) in [5.41, 5.74) is 5.17. The molecular weight excluding hydrogens is 519 g/mol. The van der Waals surface area contributed by atoms with E-state index in [1.807, 2.05) is 0 Å². The Kier molecular flexibility index (Phi) is 8.27. The van der Waals surface area contributed by atoms with Crippen LogP contribution in [0.5, 0.6) is 0 Å². The van der Waals surface area contributed by atoms with Gasteiger partial charge in [-0.2, -0.15) is 13.2 Å². The van der Waals surface area contributed by atoms with Crippen LogP contribution < -0.4 is 5.73 Å². The molecule has 12 heteroatoms. The largest absolute Gasteiger partial charge is 0.478 e. The van der Waals surface area contributed by atoms with Crippen molar-refractivity contribution >= 4 is 52.9 Å². The van der Waals surface area contributed by atoms with Crippen molar-refractivity contribution in [2.75, 3.05) is 13.2 Å². The van der Waals surface area contributed by atoms with E-state index in [0.717, 1.165) is 12.1 Å². The molecule has 1 heterocycles. The second-order valence-corrected chi connectivity index (χ2v) is 9.95. The molecule has 7 nitrogen and oxygen atoms in total. The van der Waals surface area contributed by atoms with E-state index in [9.17, 15) is 22.8 Å². The zero-order chi connectivity index (χ0) is 26.7. The van der Waals surface area contributed by atoms with Gasteiger partial charge in [0.05, 0.1) is 55.9 Å². The highest BCUT2D eigenvalue weighted by Gasteiger charge is 2.40. The summed E-state index contributed by atoms with van der Waals surface area (Å²) in [6.45, 7) is 1.74. The first-order valence-corrected chi connectivity index (χ1v) is 11.7. The molecule has 0 aromatic heterocycles. The summed E-state index contributed by atoms with van der Waals surface area (Å²) in [6, 6.07) is 8.70. The lowest BCUT2D eigenvalue weighted by molar-refractivity contribution is -0.137. The molecule has 4 N–H and O–H groups in total. The number of amides is 1. The fourth-order valence-corrected chi connectivity index (χ4v) is 5.03.